The Labute approximate surface area is 127 Å². The first-order chi connectivity index (χ1) is 10.3. The largest absolute Gasteiger partial charge is 0.368 e. The second-order valence-electron chi connectivity index (χ2n) is 4.50. The van der Waals surface area contributed by atoms with Crippen LogP contribution in [-0.4, -0.2) is 26.3 Å². The average molecular weight is 300 g/mol. The molecule has 3 rings (SSSR count). The first kappa shape index (κ1) is 13.6. The van der Waals surface area contributed by atoms with Crippen LogP contribution in [0.5, 0.6) is 0 Å². The molecule has 0 fully saturated rings. The molecule has 1 N–H and O–H groups in total. The van der Waals surface area contributed by atoms with Crippen LogP contribution in [0.4, 0.5) is 5.82 Å². The van der Waals surface area contributed by atoms with Gasteiger partial charge in [0.2, 0.25) is 0 Å². The molecule has 0 spiro atoms. The molecule has 0 atom stereocenters. The molecule has 0 saturated carbocycles. The zero-order valence-electron chi connectivity index (χ0n) is 11.3. The molecule has 3 aromatic rings. The summed E-state index contributed by atoms with van der Waals surface area (Å²) >= 11 is 6.07. The fraction of sp³-hybridized carbons (Fsp3) is 0.133. The number of rotatable bonds is 5. The molecule has 1 aromatic carbocycles. The van der Waals surface area contributed by atoms with Crippen LogP contribution in [0, 0.1) is 0 Å². The monoisotopic (exact) mass is 299 g/mol. The van der Waals surface area contributed by atoms with Crippen molar-refractivity contribution in [2.45, 2.75) is 6.54 Å². The molecule has 5 nitrogen and oxygen atoms in total. The molecule has 0 amide bonds. The van der Waals surface area contributed by atoms with E-state index >= 15 is 0 Å². The van der Waals surface area contributed by atoms with E-state index in [1.807, 2.05) is 36.4 Å². The first-order valence-corrected chi connectivity index (χ1v) is 6.98. The minimum atomic E-state index is 0.621. The van der Waals surface area contributed by atoms with Gasteiger partial charge < -0.3 is 5.32 Å². The number of nitrogens with zero attached hydrogens (tertiary/aromatic N) is 4. The van der Waals surface area contributed by atoms with Gasteiger partial charge in [-0.2, -0.15) is 5.10 Å². The SMILES string of the molecule is Clc1cnc(NCCn2cncn2)c(-c2ccccc2)c1. The van der Waals surface area contributed by atoms with Crippen molar-refractivity contribution in [3.05, 3.63) is 60.3 Å². The van der Waals surface area contributed by atoms with Gasteiger partial charge >= 0.3 is 0 Å². The Hall–Kier alpha value is -2.40. The highest BCUT2D eigenvalue weighted by Gasteiger charge is 2.07. The maximum absolute atomic E-state index is 6.07. The van der Waals surface area contributed by atoms with Crippen molar-refractivity contribution in [1.82, 2.24) is 19.7 Å². The number of nitrogens with one attached hydrogen (secondary N) is 1. The van der Waals surface area contributed by atoms with Gasteiger partial charge in [0.25, 0.3) is 0 Å². The predicted octanol–water partition coefficient (Wildman–Crippen LogP) is 3.11. The van der Waals surface area contributed by atoms with Crippen molar-refractivity contribution < 1.29 is 0 Å². The van der Waals surface area contributed by atoms with Crippen LogP contribution in [0.15, 0.2) is 55.2 Å². The van der Waals surface area contributed by atoms with Crippen molar-refractivity contribution in [3.8, 4) is 11.1 Å². The lowest BCUT2D eigenvalue weighted by atomic mass is 10.1. The van der Waals surface area contributed by atoms with Crippen LogP contribution < -0.4 is 5.32 Å². The van der Waals surface area contributed by atoms with Crippen molar-refractivity contribution in [3.63, 3.8) is 0 Å². The van der Waals surface area contributed by atoms with Gasteiger partial charge in [0.1, 0.15) is 18.5 Å². The van der Waals surface area contributed by atoms with Gasteiger partial charge in [-0.25, -0.2) is 9.97 Å². The number of pyridine rings is 1. The van der Waals surface area contributed by atoms with E-state index in [2.05, 4.69) is 20.4 Å². The van der Waals surface area contributed by atoms with Crippen LogP contribution in [0.2, 0.25) is 5.02 Å². The van der Waals surface area contributed by atoms with E-state index in [1.165, 1.54) is 6.33 Å². The summed E-state index contributed by atoms with van der Waals surface area (Å²) in [6.45, 7) is 1.43. The van der Waals surface area contributed by atoms with Gasteiger partial charge in [-0.3, -0.25) is 4.68 Å². The van der Waals surface area contributed by atoms with Gasteiger partial charge in [0.05, 0.1) is 11.6 Å². The molecule has 2 heterocycles. The number of anilines is 1. The van der Waals surface area contributed by atoms with E-state index < -0.39 is 0 Å². The lowest BCUT2D eigenvalue weighted by Gasteiger charge is -2.11. The molecule has 0 unspecified atom stereocenters. The van der Waals surface area contributed by atoms with E-state index in [0.29, 0.717) is 11.6 Å². The fourth-order valence-electron chi connectivity index (χ4n) is 2.05. The minimum Gasteiger partial charge on any atom is -0.368 e. The molecule has 106 valence electrons. The van der Waals surface area contributed by atoms with Crippen LogP contribution >= 0.6 is 11.6 Å². The van der Waals surface area contributed by atoms with Gasteiger partial charge in [0, 0.05) is 18.3 Å². The lowest BCUT2D eigenvalue weighted by molar-refractivity contribution is 0.635. The second kappa shape index (κ2) is 6.37. The van der Waals surface area contributed by atoms with Crippen LogP contribution in [-0.2, 0) is 6.54 Å². The Bertz CT molecular complexity index is 697. The summed E-state index contributed by atoms with van der Waals surface area (Å²) < 4.78 is 1.77. The van der Waals surface area contributed by atoms with E-state index in [1.54, 1.807) is 17.2 Å². The third-order valence-electron chi connectivity index (χ3n) is 3.04. The maximum Gasteiger partial charge on any atom is 0.137 e. The first-order valence-electron chi connectivity index (χ1n) is 6.60. The Kier molecular flexibility index (Phi) is 4.12. The van der Waals surface area contributed by atoms with Crippen LogP contribution in [0.1, 0.15) is 0 Å². The van der Waals surface area contributed by atoms with Crippen molar-refractivity contribution in [2.24, 2.45) is 0 Å². The summed E-state index contributed by atoms with van der Waals surface area (Å²) in [5.74, 6) is 0.811. The van der Waals surface area contributed by atoms with Gasteiger partial charge in [-0.05, 0) is 11.6 Å². The molecule has 21 heavy (non-hydrogen) atoms. The topological polar surface area (TPSA) is 55.6 Å². The van der Waals surface area contributed by atoms with Crippen LogP contribution in [0.3, 0.4) is 0 Å². The molecule has 0 radical (unpaired) electrons. The standard InChI is InChI=1S/C15H14ClN5/c16-13-8-14(12-4-2-1-3-5-12)15(19-9-13)18-6-7-21-11-17-10-20-21/h1-5,8-11H,6-7H2,(H,18,19). The smallest absolute Gasteiger partial charge is 0.137 e. The summed E-state index contributed by atoms with van der Waals surface area (Å²) in [6, 6.07) is 12.0. The second-order valence-corrected chi connectivity index (χ2v) is 4.94. The maximum atomic E-state index is 6.07. The van der Waals surface area contributed by atoms with E-state index in [-0.39, 0.29) is 0 Å². The van der Waals surface area contributed by atoms with E-state index in [0.717, 1.165) is 23.5 Å². The summed E-state index contributed by atoms with van der Waals surface area (Å²) in [5, 5.41) is 8.01. The zero-order chi connectivity index (χ0) is 14.5. The molecule has 0 aliphatic heterocycles. The Morgan fingerprint density at radius 1 is 1.19 bits per heavy atom. The molecule has 0 aliphatic carbocycles. The summed E-state index contributed by atoms with van der Waals surface area (Å²) in [5.41, 5.74) is 2.07. The third kappa shape index (κ3) is 3.38. The van der Waals surface area contributed by atoms with Crippen molar-refractivity contribution in [1.29, 1.82) is 0 Å². The normalized spacial score (nSPS) is 10.5. The van der Waals surface area contributed by atoms with Gasteiger partial charge in [-0.15, -0.1) is 0 Å². The number of benzene rings is 1. The predicted molar refractivity (Wildman–Crippen MR) is 83.2 cm³/mol. The summed E-state index contributed by atoms with van der Waals surface area (Å²) in [4.78, 5) is 8.30. The molecule has 0 saturated heterocycles. The summed E-state index contributed by atoms with van der Waals surface area (Å²) in [7, 11) is 0. The summed E-state index contributed by atoms with van der Waals surface area (Å²) in [6.07, 6.45) is 4.86. The average Bonchev–Trinajstić information content (AvgIpc) is 3.03. The highest BCUT2D eigenvalue weighted by atomic mass is 35.5. The van der Waals surface area contributed by atoms with E-state index in [4.69, 9.17) is 11.6 Å². The minimum absolute atomic E-state index is 0.621. The van der Waals surface area contributed by atoms with Gasteiger partial charge in [0.15, 0.2) is 0 Å². The molecular weight excluding hydrogens is 286 g/mol. The lowest BCUT2D eigenvalue weighted by Crippen LogP contribution is -2.12. The van der Waals surface area contributed by atoms with Crippen molar-refractivity contribution >= 4 is 17.4 Å². The Balaban J connectivity index is 1.78. The number of hydrogen-bond acceptors (Lipinski definition) is 4. The van der Waals surface area contributed by atoms with E-state index in [9.17, 15) is 0 Å². The van der Waals surface area contributed by atoms with Crippen LogP contribution in [0.25, 0.3) is 11.1 Å². The zero-order valence-corrected chi connectivity index (χ0v) is 12.0. The highest BCUT2D eigenvalue weighted by molar-refractivity contribution is 6.30. The molecule has 0 aliphatic rings. The third-order valence-corrected chi connectivity index (χ3v) is 3.25. The van der Waals surface area contributed by atoms with Crippen molar-refractivity contribution in [2.75, 3.05) is 11.9 Å². The van der Waals surface area contributed by atoms with Gasteiger partial charge in [-0.1, -0.05) is 41.9 Å². The highest BCUT2D eigenvalue weighted by Crippen LogP contribution is 2.28. The molecule has 0 bridgehead atoms. The Morgan fingerprint density at radius 2 is 2.05 bits per heavy atom. The Morgan fingerprint density at radius 3 is 2.81 bits per heavy atom. The molecular formula is C15H14ClN5. The molecule has 2 aromatic heterocycles. The number of halogens is 1. The fourth-order valence-corrected chi connectivity index (χ4v) is 2.21. The number of hydrogen-bond donors (Lipinski definition) is 1. The number of aromatic nitrogens is 4. The molecule has 6 heteroatoms. The quantitative estimate of drug-likeness (QED) is 0.786.